The second-order valence-electron chi connectivity index (χ2n) is 4.30. The molecule has 0 radical (unpaired) electrons. The monoisotopic (exact) mass is 344 g/mol. The van der Waals surface area contributed by atoms with E-state index in [0.717, 1.165) is 17.5 Å². The Labute approximate surface area is 130 Å². The minimum atomic E-state index is -4.76. The predicted octanol–water partition coefficient (Wildman–Crippen LogP) is 4.29. The molecule has 2 rings (SSSR count). The summed E-state index contributed by atoms with van der Waals surface area (Å²) in [5.41, 5.74) is 0. The number of halogens is 3. The Balaban J connectivity index is 2.09. The van der Waals surface area contributed by atoms with Crippen LogP contribution in [0.2, 0.25) is 0 Å². The SMILES string of the molecule is C=CS(=O)(=O)c1ccc(Oc2ccc(OC(F)(F)F)cc2)cc1. The normalized spacial score (nSPS) is 11.8. The molecule has 0 unspecified atom stereocenters. The van der Waals surface area contributed by atoms with Crippen molar-refractivity contribution in [1.82, 2.24) is 0 Å². The largest absolute Gasteiger partial charge is 0.573 e. The van der Waals surface area contributed by atoms with Gasteiger partial charge in [0.05, 0.1) is 4.90 Å². The van der Waals surface area contributed by atoms with Crippen LogP contribution < -0.4 is 9.47 Å². The van der Waals surface area contributed by atoms with E-state index in [2.05, 4.69) is 11.3 Å². The first-order valence-corrected chi connectivity index (χ1v) is 7.75. The van der Waals surface area contributed by atoms with Crippen molar-refractivity contribution in [2.24, 2.45) is 0 Å². The van der Waals surface area contributed by atoms with E-state index in [0.29, 0.717) is 5.75 Å². The lowest BCUT2D eigenvalue weighted by Crippen LogP contribution is -2.16. The molecule has 0 amide bonds. The van der Waals surface area contributed by atoms with Crippen molar-refractivity contribution in [3.8, 4) is 17.2 Å². The highest BCUT2D eigenvalue weighted by molar-refractivity contribution is 7.94. The molecule has 0 spiro atoms. The van der Waals surface area contributed by atoms with Crippen molar-refractivity contribution in [2.75, 3.05) is 0 Å². The van der Waals surface area contributed by atoms with Crippen molar-refractivity contribution in [1.29, 1.82) is 0 Å². The Morgan fingerprint density at radius 2 is 1.30 bits per heavy atom. The molecule has 0 bridgehead atoms. The minimum Gasteiger partial charge on any atom is -0.457 e. The topological polar surface area (TPSA) is 52.6 Å². The molecule has 0 atom stereocenters. The standard InChI is InChI=1S/C15H11F3O4S/c1-2-23(19,20)14-9-7-12(8-10-14)21-11-3-5-13(6-4-11)22-15(16,17)18/h2-10H,1H2. The van der Waals surface area contributed by atoms with Gasteiger partial charge < -0.3 is 9.47 Å². The maximum absolute atomic E-state index is 12.0. The maximum Gasteiger partial charge on any atom is 0.573 e. The van der Waals surface area contributed by atoms with Crippen LogP contribution >= 0.6 is 0 Å². The van der Waals surface area contributed by atoms with E-state index >= 15 is 0 Å². The summed E-state index contributed by atoms with van der Waals surface area (Å²) < 4.78 is 68.4. The third-order valence-corrected chi connectivity index (χ3v) is 4.03. The average molecular weight is 344 g/mol. The minimum absolute atomic E-state index is 0.0637. The fourth-order valence-electron chi connectivity index (χ4n) is 1.64. The predicted molar refractivity (Wildman–Crippen MR) is 77.0 cm³/mol. The molecule has 0 aliphatic heterocycles. The first-order valence-electron chi connectivity index (χ1n) is 6.21. The van der Waals surface area contributed by atoms with Gasteiger partial charge in [0, 0.05) is 5.41 Å². The number of sulfone groups is 1. The van der Waals surface area contributed by atoms with E-state index in [1.165, 1.54) is 36.4 Å². The summed E-state index contributed by atoms with van der Waals surface area (Å²) in [6.45, 7) is 3.22. The van der Waals surface area contributed by atoms with Gasteiger partial charge in [-0.15, -0.1) is 13.2 Å². The summed E-state index contributed by atoms with van der Waals surface area (Å²) in [4.78, 5) is 0.0637. The van der Waals surface area contributed by atoms with E-state index < -0.39 is 16.2 Å². The van der Waals surface area contributed by atoms with Crippen LogP contribution in [0.3, 0.4) is 0 Å². The van der Waals surface area contributed by atoms with E-state index in [1.807, 2.05) is 0 Å². The fourth-order valence-corrected chi connectivity index (χ4v) is 2.35. The first kappa shape index (κ1) is 16.9. The lowest BCUT2D eigenvalue weighted by molar-refractivity contribution is -0.274. The van der Waals surface area contributed by atoms with Crippen LogP contribution in [0, 0.1) is 0 Å². The Hall–Kier alpha value is -2.48. The lowest BCUT2D eigenvalue weighted by Gasteiger charge is -2.10. The number of alkyl halides is 3. The zero-order chi connectivity index (χ0) is 17.1. The molecule has 0 saturated heterocycles. The van der Waals surface area contributed by atoms with Crippen molar-refractivity contribution < 1.29 is 31.1 Å². The molecule has 2 aromatic carbocycles. The van der Waals surface area contributed by atoms with Gasteiger partial charge in [-0.3, -0.25) is 0 Å². The lowest BCUT2D eigenvalue weighted by atomic mass is 10.3. The quantitative estimate of drug-likeness (QED) is 0.812. The third kappa shape index (κ3) is 4.75. The molecule has 2 aromatic rings. The average Bonchev–Trinajstić information content (AvgIpc) is 2.48. The smallest absolute Gasteiger partial charge is 0.457 e. The Kier molecular flexibility index (Phi) is 4.65. The molecule has 122 valence electrons. The van der Waals surface area contributed by atoms with Crippen LogP contribution in [0.5, 0.6) is 17.2 Å². The van der Waals surface area contributed by atoms with Crippen molar-refractivity contribution in [2.45, 2.75) is 11.3 Å². The molecule has 4 nitrogen and oxygen atoms in total. The summed E-state index contributed by atoms with van der Waals surface area (Å²) in [6, 6.07) is 10.4. The van der Waals surface area contributed by atoms with Gasteiger partial charge in [-0.1, -0.05) is 6.58 Å². The zero-order valence-corrected chi connectivity index (χ0v) is 12.4. The highest BCUT2D eigenvalue weighted by Gasteiger charge is 2.30. The van der Waals surface area contributed by atoms with Crippen molar-refractivity contribution >= 4 is 9.84 Å². The van der Waals surface area contributed by atoms with E-state index in [4.69, 9.17) is 4.74 Å². The molecule has 0 heterocycles. The second kappa shape index (κ2) is 6.33. The Morgan fingerprint density at radius 3 is 1.74 bits per heavy atom. The van der Waals surface area contributed by atoms with Gasteiger partial charge in [0.25, 0.3) is 0 Å². The van der Waals surface area contributed by atoms with Crippen LogP contribution in [0.1, 0.15) is 0 Å². The van der Waals surface area contributed by atoms with Gasteiger partial charge >= 0.3 is 6.36 Å². The number of benzene rings is 2. The van der Waals surface area contributed by atoms with Crippen molar-refractivity contribution in [3.05, 3.63) is 60.5 Å². The third-order valence-electron chi connectivity index (χ3n) is 2.66. The second-order valence-corrected chi connectivity index (χ2v) is 6.20. The molecule has 8 heteroatoms. The molecule has 0 aromatic heterocycles. The molecule has 0 aliphatic rings. The van der Waals surface area contributed by atoms with Gasteiger partial charge in [0.2, 0.25) is 0 Å². The summed E-state index contributed by atoms with van der Waals surface area (Å²) in [5.74, 6) is 0.244. The number of hydrogen-bond donors (Lipinski definition) is 0. The van der Waals surface area contributed by atoms with E-state index in [9.17, 15) is 21.6 Å². The summed E-state index contributed by atoms with van der Waals surface area (Å²) >= 11 is 0. The van der Waals surface area contributed by atoms with Gasteiger partial charge in [0.15, 0.2) is 9.84 Å². The fraction of sp³-hybridized carbons (Fsp3) is 0.0667. The molecule has 0 fully saturated rings. The molecule has 0 saturated carbocycles. The van der Waals surface area contributed by atoms with E-state index in [-0.39, 0.29) is 16.4 Å². The molecular formula is C15H11F3O4S. The molecule has 23 heavy (non-hydrogen) atoms. The van der Waals surface area contributed by atoms with Crippen LogP contribution in [0.4, 0.5) is 13.2 Å². The summed E-state index contributed by atoms with van der Waals surface area (Å²) in [7, 11) is -3.53. The Morgan fingerprint density at radius 1 is 0.870 bits per heavy atom. The summed E-state index contributed by atoms with van der Waals surface area (Å²) in [5, 5.41) is 0.836. The Bertz CT molecular complexity index is 779. The highest BCUT2D eigenvalue weighted by atomic mass is 32.2. The molecule has 0 N–H and O–H groups in total. The van der Waals surface area contributed by atoms with Crippen LogP contribution in [-0.4, -0.2) is 14.8 Å². The van der Waals surface area contributed by atoms with E-state index in [1.54, 1.807) is 0 Å². The zero-order valence-electron chi connectivity index (χ0n) is 11.6. The van der Waals surface area contributed by atoms with Gasteiger partial charge in [0.1, 0.15) is 17.2 Å². The van der Waals surface area contributed by atoms with Crippen LogP contribution in [0.15, 0.2) is 65.4 Å². The number of ether oxygens (including phenoxy) is 2. The first-order chi connectivity index (χ1) is 10.7. The van der Waals surface area contributed by atoms with Gasteiger partial charge in [-0.25, -0.2) is 8.42 Å². The van der Waals surface area contributed by atoms with Crippen molar-refractivity contribution in [3.63, 3.8) is 0 Å². The highest BCUT2D eigenvalue weighted by Crippen LogP contribution is 2.27. The van der Waals surface area contributed by atoms with Crippen LogP contribution in [-0.2, 0) is 9.84 Å². The summed E-state index contributed by atoms with van der Waals surface area (Å²) in [6.07, 6.45) is -4.76. The van der Waals surface area contributed by atoms with Crippen LogP contribution in [0.25, 0.3) is 0 Å². The van der Waals surface area contributed by atoms with Gasteiger partial charge in [-0.2, -0.15) is 0 Å². The number of hydrogen-bond acceptors (Lipinski definition) is 4. The number of rotatable bonds is 5. The van der Waals surface area contributed by atoms with Gasteiger partial charge in [-0.05, 0) is 48.5 Å². The molecular weight excluding hydrogens is 333 g/mol. The maximum atomic E-state index is 12.0. The molecule has 0 aliphatic carbocycles.